The number of carbonyl (C=O) groups is 2. The summed E-state index contributed by atoms with van der Waals surface area (Å²) in [6.07, 6.45) is 5.79. The molecule has 2 amide bonds. The highest BCUT2D eigenvalue weighted by Gasteiger charge is 2.36. The van der Waals surface area contributed by atoms with Crippen molar-refractivity contribution in [1.29, 1.82) is 0 Å². The largest absolute Gasteiger partial charge is 0.364 e. The molecule has 3 N–H and O–H groups in total. The number of likely N-dealkylation sites (tertiary alicyclic amines) is 1. The van der Waals surface area contributed by atoms with Crippen molar-refractivity contribution in [3.05, 3.63) is 36.8 Å². The van der Waals surface area contributed by atoms with Crippen molar-refractivity contribution in [3.8, 4) is 0 Å². The van der Waals surface area contributed by atoms with Gasteiger partial charge >= 0.3 is 0 Å². The third-order valence-electron chi connectivity index (χ3n) is 4.99. The van der Waals surface area contributed by atoms with Crippen molar-refractivity contribution in [1.82, 2.24) is 24.6 Å². The highest BCUT2D eigenvalue weighted by atomic mass is 16.2. The highest BCUT2D eigenvalue weighted by molar-refractivity contribution is 5.96. The fourth-order valence-electron chi connectivity index (χ4n) is 3.45. The minimum absolute atomic E-state index is 0.00898. The summed E-state index contributed by atoms with van der Waals surface area (Å²) < 4.78 is 1.86. The van der Waals surface area contributed by atoms with E-state index in [0.29, 0.717) is 12.5 Å². The first-order valence-electron chi connectivity index (χ1n) is 8.91. The summed E-state index contributed by atoms with van der Waals surface area (Å²) >= 11 is 0. The smallest absolute Gasteiger partial charge is 0.273 e. The molecule has 0 aliphatic carbocycles. The number of nitrogens with zero attached hydrogens (tertiary/aromatic N) is 6. The zero-order valence-corrected chi connectivity index (χ0v) is 16.2. The molecular weight excluding hydrogens is 360 g/mol. The molecule has 0 bridgehead atoms. The lowest BCUT2D eigenvalue weighted by Gasteiger charge is -2.30. The molecule has 0 unspecified atom stereocenters. The van der Waals surface area contributed by atoms with E-state index in [2.05, 4.69) is 27.1 Å². The lowest BCUT2D eigenvalue weighted by molar-refractivity contribution is -0.126. The van der Waals surface area contributed by atoms with Crippen LogP contribution in [0.1, 0.15) is 23.8 Å². The third-order valence-corrected chi connectivity index (χ3v) is 4.99. The molecule has 1 saturated heterocycles. The first-order chi connectivity index (χ1) is 13.3. The van der Waals surface area contributed by atoms with Gasteiger partial charge in [0, 0.05) is 39.1 Å². The van der Waals surface area contributed by atoms with Crippen LogP contribution in [0.3, 0.4) is 0 Å². The van der Waals surface area contributed by atoms with E-state index in [9.17, 15) is 9.59 Å². The monoisotopic (exact) mass is 384 g/mol. The van der Waals surface area contributed by atoms with E-state index >= 15 is 0 Å². The number of hydrogen-bond acceptors (Lipinski definition) is 7. The van der Waals surface area contributed by atoms with Crippen molar-refractivity contribution in [2.75, 3.05) is 23.8 Å². The van der Waals surface area contributed by atoms with Crippen molar-refractivity contribution in [2.24, 2.45) is 12.8 Å². The third kappa shape index (κ3) is 3.66. The summed E-state index contributed by atoms with van der Waals surface area (Å²) in [7, 11) is 3.73. The van der Waals surface area contributed by atoms with Gasteiger partial charge in [0.2, 0.25) is 11.9 Å². The zero-order chi connectivity index (χ0) is 20.4. The predicted octanol–water partition coefficient (Wildman–Crippen LogP) is 0.664. The quantitative estimate of drug-likeness (QED) is 0.702. The van der Waals surface area contributed by atoms with Crippen LogP contribution in [0, 0.1) is 0 Å². The summed E-state index contributed by atoms with van der Waals surface area (Å²) in [6.45, 7) is 6.16. The molecule has 0 aromatic carbocycles. The fraction of sp³-hybridized carbons (Fsp3) is 0.389. The van der Waals surface area contributed by atoms with Crippen molar-refractivity contribution >= 4 is 29.3 Å². The molecule has 1 fully saturated rings. The first-order valence-corrected chi connectivity index (χ1v) is 8.91. The summed E-state index contributed by atoms with van der Waals surface area (Å²) in [6, 6.07) is 1.81. The molecule has 2 atom stereocenters. The number of rotatable bonds is 6. The molecule has 148 valence electrons. The number of nitrogens with one attached hydrogen (secondary N) is 1. The number of amides is 2. The van der Waals surface area contributed by atoms with Crippen LogP contribution in [0.4, 0.5) is 17.5 Å². The van der Waals surface area contributed by atoms with Gasteiger partial charge in [0.15, 0.2) is 11.5 Å². The number of hydrogen-bond donors (Lipinski definition) is 2. The Morgan fingerprint density at radius 1 is 1.43 bits per heavy atom. The van der Waals surface area contributed by atoms with E-state index in [-0.39, 0.29) is 29.5 Å². The van der Waals surface area contributed by atoms with Crippen LogP contribution in [0.15, 0.2) is 31.1 Å². The van der Waals surface area contributed by atoms with Gasteiger partial charge in [0.05, 0.1) is 11.7 Å². The van der Waals surface area contributed by atoms with Gasteiger partial charge in [0.1, 0.15) is 0 Å². The van der Waals surface area contributed by atoms with Crippen LogP contribution >= 0.6 is 0 Å². The molecular formula is C18H24N8O2. The highest BCUT2D eigenvalue weighted by Crippen LogP contribution is 2.26. The van der Waals surface area contributed by atoms with Crippen LogP contribution < -0.4 is 16.0 Å². The number of aryl methyl sites for hydroxylation is 1. The Bertz CT molecular complexity index is 909. The summed E-state index contributed by atoms with van der Waals surface area (Å²) in [4.78, 5) is 31.8. The number of aromatic nitrogens is 4. The number of nitrogens with two attached hydrogens (primary N) is 1. The van der Waals surface area contributed by atoms with Gasteiger partial charge in [-0.1, -0.05) is 6.58 Å². The molecule has 10 heteroatoms. The molecule has 1 aliphatic rings. The Morgan fingerprint density at radius 3 is 2.79 bits per heavy atom. The Hall–Kier alpha value is -3.43. The molecule has 3 rings (SSSR count). The lowest BCUT2D eigenvalue weighted by Crippen LogP contribution is -2.44. The lowest BCUT2D eigenvalue weighted by atomic mass is 10.1. The molecule has 28 heavy (non-hydrogen) atoms. The minimum atomic E-state index is -0.718. The standard InChI is InChI=1S/C18H24N8O2/c1-5-14(27)26-9-7-13(11(26)2)25(4)18-21-17(15(16(19)28)22-23-18)20-12-6-8-24(3)10-12/h5-6,8,10-11,13H,1,7,9H2,2-4H3,(H2,19,28)(H,20,21,23)/t11-,13-/m1/s1. The number of carbonyl (C=O) groups excluding carboxylic acids is 2. The predicted molar refractivity (Wildman–Crippen MR) is 105 cm³/mol. The number of anilines is 3. The maximum atomic E-state index is 12.0. The maximum absolute atomic E-state index is 12.0. The Morgan fingerprint density at radius 2 is 2.18 bits per heavy atom. The Kier molecular flexibility index (Phi) is 5.30. The SMILES string of the molecule is C=CC(=O)N1CC[C@@H](N(C)c2nnc(C(N)=O)c(Nc3ccn(C)c3)n2)[C@H]1C. The van der Waals surface area contributed by atoms with Crippen molar-refractivity contribution in [2.45, 2.75) is 25.4 Å². The molecule has 0 saturated carbocycles. The van der Waals surface area contributed by atoms with Gasteiger partial charge in [-0.05, 0) is 25.5 Å². The molecule has 1 aliphatic heterocycles. The Labute approximate surface area is 163 Å². The van der Waals surface area contributed by atoms with Gasteiger partial charge in [-0.15, -0.1) is 10.2 Å². The van der Waals surface area contributed by atoms with Gasteiger partial charge in [-0.3, -0.25) is 9.59 Å². The molecule has 0 spiro atoms. The van der Waals surface area contributed by atoms with E-state index in [0.717, 1.165) is 12.1 Å². The first kappa shape index (κ1) is 19.3. The zero-order valence-electron chi connectivity index (χ0n) is 16.2. The van der Waals surface area contributed by atoms with E-state index < -0.39 is 5.91 Å². The van der Waals surface area contributed by atoms with E-state index in [1.54, 1.807) is 4.90 Å². The van der Waals surface area contributed by atoms with Crippen LogP contribution in [0.5, 0.6) is 0 Å². The summed E-state index contributed by atoms with van der Waals surface area (Å²) in [5, 5.41) is 11.1. The van der Waals surface area contributed by atoms with E-state index in [4.69, 9.17) is 5.73 Å². The van der Waals surface area contributed by atoms with E-state index in [1.807, 2.05) is 48.9 Å². The summed E-state index contributed by atoms with van der Waals surface area (Å²) in [5.41, 5.74) is 6.13. The molecule has 2 aromatic rings. The second-order valence-corrected chi connectivity index (χ2v) is 6.81. The van der Waals surface area contributed by atoms with Gasteiger partial charge in [-0.2, -0.15) is 4.98 Å². The van der Waals surface area contributed by atoms with Crippen LogP contribution in [-0.2, 0) is 11.8 Å². The van der Waals surface area contributed by atoms with Gasteiger partial charge in [-0.25, -0.2) is 0 Å². The second-order valence-electron chi connectivity index (χ2n) is 6.81. The molecule has 0 radical (unpaired) electrons. The fourth-order valence-corrected chi connectivity index (χ4v) is 3.45. The van der Waals surface area contributed by atoms with Crippen LogP contribution in [-0.4, -0.2) is 62.1 Å². The van der Waals surface area contributed by atoms with Crippen molar-refractivity contribution in [3.63, 3.8) is 0 Å². The van der Waals surface area contributed by atoms with Gasteiger partial charge < -0.3 is 25.4 Å². The van der Waals surface area contributed by atoms with E-state index in [1.165, 1.54) is 6.08 Å². The average Bonchev–Trinajstić information content (AvgIpc) is 3.25. The number of primary amides is 1. The topological polar surface area (TPSA) is 122 Å². The summed E-state index contributed by atoms with van der Waals surface area (Å²) in [5.74, 6) is -0.240. The van der Waals surface area contributed by atoms with Crippen LogP contribution in [0.2, 0.25) is 0 Å². The number of likely N-dealkylation sites (N-methyl/N-ethyl adjacent to an activating group) is 1. The van der Waals surface area contributed by atoms with Crippen LogP contribution in [0.25, 0.3) is 0 Å². The molecule has 3 heterocycles. The maximum Gasteiger partial charge on any atom is 0.273 e. The average molecular weight is 384 g/mol. The minimum Gasteiger partial charge on any atom is -0.364 e. The molecule has 10 nitrogen and oxygen atoms in total. The van der Waals surface area contributed by atoms with Crippen molar-refractivity contribution < 1.29 is 9.59 Å². The van der Waals surface area contributed by atoms with Gasteiger partial charge in [0.25, 0.3) is 5.91 Å². The second kappa shape index (κ2) is 7.67. The molecule has 2 aromatic heterocycles. The normalized spacial score (nSPS) is 18.8. The Balaban J connectivity index is 1.87.